The van der Waals surface area contributed by atoms with E-state index in [0.717, 1.165) is 0 Å². The largest absolute Gasteiger partial charge is 0.360 e. The lowest BCUT2D eigenvalue weighted by Gasteiger charge is -2.11. The second-order valence-electron chi connectivity index (χ2n) is 5.47. The fourth-order valence-corrected chi connectivity index (χ4v) is 2.66. The molecule has 138 valence electrons. The van der Waals surface area contributed by atoms with Gasteiger partial charge in [-0.05, 0) is 38.1 Å². The molecule has 0 saturated heterocycles. The Kier molecular flexibility index (Phi) is 6.79. The van der Waals surface area contributed by atoms with Gasteiger partial charge in [0, 0.05) is 24.4 Å². The zero-order valence-corrected chi connectivity index (χ0v) is 15.5. The summed E-state index contributed by atoms with van der Waals surface area (Å²) in [6.07, 6.45) is 0. The van der Waals surface area contributed by atoms with E-state index in [1.807, 2.05) is 0 Å². The van der Waals surface area contributed by atoms with Crippen LogP contribution in [0, 0.1) is 6.92 Å². The zero-order chi connectivity index (χ0) is 19.1. The molecule has 0 unspecified atom stereocenters. The highest BCUT2D eigenvalue weighted by atomic mass is 32.2. The van der Waals surface area contributed by atoms with Crippen LogP contribution in [-0.4, -0.2) is 40.9 Å². The van der Waals surface area contributed by atoms with Gasteiger partial charge < -0.3 is 20.5 Å². The first-order chi connectivity index (χ1) is 12.4. The average Bonchev–Trinajstić information content (AvgIpc) is 3.04. The molecule has 3 amide bonds. The number of nitrogens with zero attached hydrogens (tertiary/aromatic N) is 1. The van der Waals surface area contributed by atoms with Crippen molar-refractivity contribution in [1.82, 2.24) is 10.5 Å². The van der Waals surface area contributed by atoms with Crippen molar-refractivity contribution in [3.05, 3.63) is 41.7 Å². The number of carbonyl (C=O) groups excluding carboxylic acids is 3. The Labute approximate surface area is 155 Å². The fraction of sp³-hybridized carbons (Fsp3) is 0.294. The predicted molar refractivity (Wildman–Crippen MR) is 100 cm³/mol. The Balaban J connectivity index is 1.78. The van der Waals surface area contributed by atoms with Crippen LogP contribution in [0.2, 0.25) is 0 Å². The van der Waals surface area contributed by atoms with E-state index >= 15 is 0 Å². The maximum Gasteiger partial charge on any atom is 0.251 e. The summed E-state index contributed by atoms with van der Waals surface area (Å²) in [7, 11) is 1.55. The highest BCUT2D eigenvalue weighted by molar-refractivity contribution is 8.01. The molecule has 0 saturated carbocycles. The molecule has 0 bridgehead atoms. The van der Waals surface area contributed by atoms with Gasteiger partial charge in [-0.25, -0.2) is 0 Å². The minimum absolute atomic E-state index is 0.115. The molecule has 26 heavy (non-hydrogen) atoms. The van der Waals surface area contributed by atoms with E-state index in [4.69, 9.17) is 4.52 Å². The first kappa shape index (κ1) is 19.5. The van der Waals surface area contributed by atoms with Gasteiger partial charge in [-0.2, -0.15) is 0 Å². The lowest BCUT2D eigenvalue weighted by Crippen LogP contribution is -2.25. The molecular formula is C17H20N4O4S. The van der Waals surface area contributed by atoms with Gasteiger partial charge in [0.2, 0.25) is 11.8 Å². The van der Waals surface area contributed by atoms with Crippen molar-refractivity contribution in [3.63, 3.8) is 0 Å². The maximum absolute atomic E-state index is 12.0. The molecule has 3 N–H and O–H groups in total. The van der Waals surface area contributed by atoms with Crippen LogP contribution in [0.4, 0.5) is 11.5 Å². The molecule has 1 atom stereocenters. The van der Waals surface area contributed by atoms with Crippen LogP contribution in [0.3, 0.4) is 0 Å². The van der Waals surface area contributed by atoms with Gasteiger partial charge in [0.15, 0.2) is 5.82 Å². The summed E-state index contributed by atoms with van der Waals surface area (Å²) < 4.78 is 4.88. The molecule has 1 heterocycles. The average molecular weight is 376 g/mol. The number of rotatable bonds is 7. The molecule has 1 aromatic carbocycles. The van der Waals surface area contributed by atoms with Crippen LogP contribution in [0.15, 0.2) is 34.9 Å². The summed E-state index contributed by atoms with van der Waals surface area (Å²) in [4.78, 5) is 35.5. The van der Waals surface area contributed by atoms with Gasteiger partial charge in [0.25, 0.3) is 5.91 Å². The topological polar surface area (TPSA) is 113 Å². The SMILES string of the molecule is CNC(=O)c1ccc(NC(=O)CS[C@@H](C)C(=O)Nc2cc(C)on2)cc1. The third-order valence-electron chi connectivity index (χ3n) is 3.37. The smallest absolute Gasteiger partial charge is 0.251 e. The van der Waals surface area contributed by atoms with Crippen LogP contribution in [0.1, 0.15) is 23.0 Å². The summed E-state index contributed by atoms with van der Waals surface area (Å²) in [6.45, 7) is 3.44. The standard InChI is InChI=1S/C17H20N4O4S/c1-10-8-14(21-25-10)20-16(23)11(2)26-9-15(22)19-13-6-4-12(5-7-13)17(24)18-3/h4-8,11H,9H2,1-3H3,(H,18,24)(H,19,22)(H,20,21,23)/t11-/m0/s1. The number of anilines is 2. The summed E-state index contributed by atoms with van der Waals surface area (Å²) in [5.74, 6) is 0.373. The first-order valence-corrected chi connectivity index (χ1v) is 8.91. The number of aryl methyl sites for hydroxylation is 1. The lowest BCUT2D eigenvalue weighted by molar-refractivity contribution is -0.115. The van der Waals surface area contributed by atoms with E-state index in [1.54, 1.807) is 51.2 Å². The van der Waals surface area contributed by atoms with E-state index in [9.17, 15) is 14.4 Å². The molecule has 9 heteroatoms. The fourth-order valence-electron chi connectivity index (χ4n) is 1.98. The number of benzene rings is 1. The number of thioether (sulfide) groups is 1. The number of hydrogen-bond acceptors (Lipinski definition) is 6. The Hall–Kier alpha value is -2.81. The van der Waals surface area contributed by atoms with E-state index in [0.29, 0.717) is 22.8 Å². The third kappa shape index (κ3) is 5.62. The van der Waals surface area contributed by atoms with Crippen molar-refractivity contribution >= 4 is 41.0 Å². The van der Waals surface area contributed by atoms with Gasteiger partial charge in [-0.15, -0.1) is 11.8 Å². The van der Waals surface area contributed by atoms with E-state index in [2.05, 4.69) is 21.1 Å². The number of aromatic nitrogens is 1. The molecule has 0 aliphatic heterocycles. The van der Waals surface area contributed by atoms with Crippen molar-refractivity contribution in [2.75, 3.05) is 23.4 Å². The highest BCUT2D eigenvalue weighted by Gasteiger charge is 2.17. The Morgan fingerprint density at radius 3 is 2.46 bits per heavy atom. The van der Waals surface area contributed by atoms with Crippen molar-refractivity contribution in [2.24, 2.45) is 0 Å². The number of carbonyl (C=O) groups is 3. The van der Waals surface area contributed by atoms with Crippen LogP contribution >= 0.6 is 11.8 Å². The monoisotopic (exact) mass is 376 g/mol. The van der Waals surface area contributed by atoms with Crippen molar-refractivity contribution in [3.8, 4) is 0 Å². The minimum atomic E-state index is -0.437. The molecule has 0 aliphatic carbocycles. The molecule has 0 fully saturated rings. The zero-order valence-electron chi connectivity index (χ0n) is 14.7. The summed E-state index contributed by atoms with van der Waals surface area (Å²) in [6, 6.07) is 8.16. The molecule has 1 aromatic heterocycles. The summed E-state index contributed by atoms with van der Waals surface area (Å²) >= 11 is 1.20. The second-order valence-corrected chi connectivity index (χ2v) is 6.80. The molecule has 0 radical (unpaired) electrons. The molecule has 0 aliphatic rings. The Morgan fingerprint density at radius 2 is 1.88 bits per heavy atom. The van der Waals surface area contributed by atoms with Crippen LogP contribution in [-0.2, 0) is 9.59 Å². The molecule has 0 spiro atoms. The van der Waals surface area contributed by atoms with Gasteiger partial charge in [0.05, 0.1) is 11.0 Å². The van der Waals surface area contributed by atoms with E-state index in [1.165, 1.54) is 11.8 Å². The van der Waals surface area contributed by atoms with E-state index < -0.39 is 5.25 Å². The van der Waals surface area contributed by atoms with Crippen molar-refractivity contribution in [1.29, 1.82) is 0 Å². The van der Waals surface area contributed by atoms with Crippen LogP contribution in [0.25, 0.3) is 0 Å². The van der Waals surface area contributed by atoms with Gasteiger partial charge in [-0.1, -0.05) is 5.16 Å². The quantitative estimate of drug-likeness (QED) is 0.681. The maximum atomic E-state index is 12.0. The third-order valence-corrected chi connectivity index (χ3v) is 4.51. The van der Waals surface area contributed by atoms with E-state index in [-0.39, 0.29) is 23.5 Å². The second kappa shape index (κ2) is 9.04. The first-order valence-electron chi connectivity index (χ1n) is 7.87. The molecule has 2 aromatic rings. The molecule has 2 rings (SSSR count). The van der Waals surface area contributed by atoms with Gasteiger partial charge >= 0.3 is 0 Å². The number of amides is 3. The lowest BCUT2D eigenvalue weighted by atomic mass is 10.2. The van der Waals surface area contributed by atoms with Gasteiger partial charge in [0.1, 0.15) is 5.76 Å². The minimum Gasteiger partial charge on any atom is -0.360 e. The van der Waals surface area contributed by atoms with Crippen molar-refractivity contribution < 1.29 is 18.9 Å². The normalized spacial score (nSPS) is 11.5. The molecular weight excluding hydrogens is 356 g/mol. The Bertz CT molecular complexity index is 788. The van der Waals surface area contributed by atoms with Crippen molar-refractivity contribution in [2.45, 2.75) is 19.1 Å². The summed E-state index contributed by atoms with van der Waals surface area (Å²) in [5.41, 5.74) is 1.09. The highest BCUT2D eigenvalue weighted by Crippen LogP contribution is 2.15. The number of hydrogen-bond donors (Lipinski definition) is 3. The predicted octanol–water partition coefficient (Wildman–Crippen LogP) is 2.04. The Morgan fingerprint density at radius 1 is 1.19 bits per heavy atom. The van der Waals surface area contributed by atoms with Crippen LogP contribution < -0.4 is 16.0 Å². The molecule has 8 nitrogen and oxygen atoms in total. The van der Waals surface area contributed by atoms with Gasteiger partial charge in [-0.3, -0.25) is 14.4 Å². The van der Waals surface area contributed by atoms with Crippen LogP contribution in [0.5, 0.6) is 0 Å². The summed E-state index contributed by atoms with van der Waals surface area (Å²) in [5, 5.41) is 11.1. The number of nitrogens with one attached hydrogen (secondary N) is 3.